The minimum Gasteiger partial charge on any atom is -0.314 e. The molecule has 0 bridgehead atoms. The van der Waals surface area contributed by atoms with Crippen LogP contribution in [0.5, 0.6) is 0 Å². The van der Waals surface area contributed by atoms with E-state index in [-0.39, 0.29) is 5.54 Å². The molecule has 0 aromatic rings. The smallest absolute Gasteiger partial charge is 0.279 e. The molecule has 0 spiro atoms. The summed E-state index contributed by atoms with van der Waals surface area (Å²) in [5.74, 6) is 0. The second-order valence-corrected chi connectivity index (χ2v) is 5.97. The molecule has 0 amide bonds. The molecule has 1 fully saturated rings. The Hall–Kier alpha value is -0.170. The molecule has 90 valence electrons. The van der Waals surface area contributed by atoms with Crippen molar-refractivity contribution in [3.8, 4) is 0 Å². The van der Waals surface area contributed by atoms with Crippen LogP contribution in [0.2, 0.25) is 0 Å². The first-order chi connectivity index (χ1) is 6.93. The molecular weight excluding hydrogens is 214 g/mol. The first-order valence-electron chi connectivity index (χ1n) is 5.37. The van der Waals surface area contributed by atoms with Crippen LogP contribution in [0.1, 0.15) is 26.7 Å². The quantitative estimate of drug-likeness (QED) is 0.716. The fourth-order valence-corrected chi connectivity index (χ4v) is 2.95. The molecule has 0 saturated carbocycles. The van der Waals surface area contributed by atoms with Crippen LogP contribution in [0.25, 0.3) is 0 Å². The first kappa shape index (κ1) is 12.9. The van der Waals surface area contributed by atoms with Crippen LogP contribution in [0.4, 0.5) is 0 Å². The summed E-state index contributed by atoms with van der Waals surface area (Å²) >= 11 is 0. The predicted molar refractivity (Wildman–Crippen MR) is 60.9 cm³/mol. The molecule has 0 unspecified atom stereocenters. The van der Waals surface area contributed by atoms with Crippen LogP contribution < -0.4 is 10.0 Å². The Bertz CT molecular complexity index is 294. The fourth-order valence-electron chi connectivity index (χ4n) is 1.74. The molecule has 5 nitrogen and oxygen atoms in total. The van der Waals surface area contributed by atoms with Gasteiger partial charge in [-0.05, 0) is 26.8 Å². The van der Waals surface area contributed by atoms with Gasteiger partial charge in [-0.2, -0.15) is 12.7 Å². The van der Waals surface area contributed by atoms with Crippen molar-refractivity contribution in [3.63, 3.8) is 0 Å². The van der Waals surface area contributed by atoms with Gasteiger partial charge in [-0.1, -0.05) is 6.92 Å². The zero-order chi connectivity index (χ0) is 11.5. The van der Waals surface area contributed by atoms with Gasteiger partial charge in [0.15, 0.2) is 0 Å². The average molecular weight is 235 g/mol. The van der Waals surface area contributed by atoms with E-state index in [1.165, 1.54) is 4.31 Å². The second-order valence-electron chi connectivity index (χ2n) is 4.21. The van der Waals surface area contributed by atoms with E-state index in [1.807, 2.05) is 7.05 Å². The number of hydrogen-bond acceptors (Lipinski definition) is 3. The van der Waals surface area contributed by atoms with E-state index in [4.69, 9.17) is 0 Å². The minimum atomic E-state index is -3.24. The van der Waals surface area contributed by atoms with Crippen molar-refractivity contribution in [3.05, 3.63) is 0 Å². The molecule has 15 heavy (non-hydrogen) atoms. The summed E-state index contributed by atoms with van der Waals surface area (Å²) in [5.41, 5.74) is 0.0816. The van der Waals surface area contributed by atoms with Crippen LogP contribution in [0, 0.1) is 0 Å². The van der Waals surface area contributed by atoms with Gasteiger partial charge in [-0.3, -0.25) is 0 Å². The molecule has 0 aromatic carbocycles. The van der Waals surface area contributed by atoms with E-state index in [0.29, 0.717) is 19.6 Å². The Morgan fingerprint density at radius 3 is 2.27 bits per heavy atom. The Kier molecular flexibility index (Phi) is 4.11. The van der Waals surface area contributed by atoms with E-state index < -0.39 is 10.2 Å². The zero-order valence-corrected chi connectivity index (χ0v) is 10.5. The van der Waals surface area contributed by atoms with Crippen molar-refractivity contribution < 1.29 is 8.42 Å². The molecule has 1 saturated heterocycles. The van der Waals surface area contributed by atoms with E-state index in [9.17, 15) is 8.42 Å². The number of rotatable bonds is 4. The highest BCUT2D eigenvalue weighted by atomic mass is 32.2. The van der Waals surface area contributed by atoms with Gasteiger partial charge in [0, 0.05) is 25.2 Å². The zero-order valence-electron chi connectivity index (χ0n) is 9.71. The predicted octanol–water partition coefficient (Wildman–Crippen LogP) is -0.0854. The van der Waals surface area contributed by atoms with Crippen LogP contribution in [-0.2, 0) is 10.2 Å². The summed E-state index contributed by atoms with van der Waals surface area (Å²) in [4.78, 5) is 0. The van der Waals surface area contributed by atoms with Gasteiger partial charge >= 0.3 is 0 Å². The summed E-state index contributed by atoms with van der Waals surface area (Å²) in [6.45, 7) is 5.55. The third-order valence-electron chi connectivity index (χ3n) is 3.10. The molecular formula is C9H21N3O2S. The maximum Gasteiger partial charge on any atom is 0.279 e. The number of piperidine rings is 1. The average Bonchev–Trinajstić information content (AvgIpc) is 2.18. The van der Waals surface area contributed by atoms with Crippen LogP contribution in [0.15, 0.2) is 0 Å². The normalized spacial score (nSPS) is 22.9. The van der Waals surface area contributed by atoms with Crippen LogP contribution in [0.3, 0.4) is 0 Å². The third kappa shape index (κ3) is 3.14. The van der Waals surface area contributed by atoms with Crippen molar-refractivity contribution in [2.24, 2.45) is 0 Å². The minimum absolute atomic E-state index is 0.0816. The molecule has 1 aliphatic heterocycles. The lowest BCUT2D eigenvalue weighted by Gasteiger charge is -2.38. The number of nitrogens with zero attached hydrogens (tertiary/aromatic N) is 1. The maximum atomic E-state index is 11.7. The molecule has 0 radical (unpaired) electrons. The van der Waals surface area contributed by atoms with Crippen LogP contribution >= 0.6 is 0 Å². The first-order valence-corrected chi connectivity index (χ1v) is 6.81. The summed E-state index contributed by atoms with van der Waals surface area (Å²) in [7, 11) is -1.31. The monoisotopic (exact) mass is 235 g/mol. The Morgan fingerprint density at radius 2 is 1.87 bits per heavy atom. The lowest BCUT2D eigenvalue weighted by atomic mass is 9.91. The largest absolute Gasteiger partial charge is 0.314 e. The van der Waals surface area contributed by atoms with Crippen molar-refractivity contribution >= 4 is 10.2 Å². The molecule has 1 heterocycles. The SMILES string of the molecule is CCNS(=O)(=O)N1CCC(C)(NC)CC1. The summed E-state index contributed by atoms with van der Waals surface area (Å²) < 4.78 is 27.4. The molecule has 2 N–H and O–H groups in total. The molecule has 0 atom stereocenters. The topological polar surface area (TPSA) is 61.4 Å². The molecule has 1 rings (SSSR count). The lowest BCUT2D eigenvalue weighted by molar-refractivity contribution is 0.218. The van der Waals surface area contributed by atoms with Crippen LogP contribution in [-0.4, -0.2) is 44.9 Å². The van der Waals surface area contributed by atoms with Gasteiger partial charge in [0.05, 0.1) is 0 Å². The van der Waals surface area contributed by atoms with Gasteiger partial charge < -0.3 is 5.32 Å². The third-order valence-corrected chi connectivity index (χ3v) is 4.79. The van der Waals surface area contributed by atoms with Crippen molar-refractivity contribution in [2.75, 3.05) is 26.7 Å². The van der Waals surface area contributed by atoms with Crippen molar-refractivity contribution in [2.45, 2.75) is 32.2 Å². The molecule has 1 aliphatic rings. The van der Waals surface area contributed by atoms with Gasteiger partial charge in [-0.15, -0.1) is 0 Å². The Balaban J connectivity index is 2.58. The lowest BCUT2D eigenvalue weighted by Crippen LogP contribution is -2.53. The highest BCUT2D eigenvalue weighted by Gasteiger charge is 2.33. The Morgan fingerprint density at radius 1 is 1.33 bits per heavy atom. The van der Waals surface area contributed by atoms with Gasteiger partial charge in [-0.25, -0.2) is 4.72 Å². The van der Waals surface area contributed by atoms with E-state index in [2.05, 4.69) is 17.0 Å². The van der Waals surface area contributed by atoms with E-state index >= 15 is 0 Å². The summed E-state index contributed by atoms with van der Waals surface area (Å²) in [5, 5.41) is 3.24. The van der Waals surface area contributed by atoms with Gasteiger partial charge in [0.2, 0.25) is 0 Å². The fraction of sp³-hybridized carbons (Fsp3) is 1.00. The Labute approximate surface area is 92.4 Å². The van der Waals surface area contributed by atoms with Gasteiger partial charge in [0.25, 0.3) is 10.2 Å². The molecule has 6 heteroatoms. The summed E-state index contributed by atoms with van der Waals surface area (Å²) in [6, 6.07) is 0. The summed E-state index contributed by atoms with van der Waals surface area (Å²) in [6.07, 6.45) is 1.71. The highest BCUT2D eigenvalue weighted by Crippen LogP contribution is 2.22. The van der Waals surface area contributed by atoms with E-state index in [0.717, 1.165) is 12.8 Å². The van der Waals surface area contributed by atoms with Crippen molar-refractivity contribution in [1.82, 2.24) is 14.3 Å². The molecule has 0 aromatic heterocycles. The number of nitrogens with one attached hydrogen (secondary N) is 2. The van der Waals surface area contributed by atoms with Gasteiger partial charge in [0.1, 0.15) is 0 Å². The standard InChI is InChI=1S/C9H21N3O2S/c1-4-11-15(13,14)12-7-5-9(2,10-3)6-8-12/h10-11H,4-8H2,1-3H3. The maximum absolute atomic E-state index is 11.7. The van der Waals surface area contributed by atoms with Crippen molar-refractivity contribution in [1.29, 1.82) is 0 Å². The second kappa shape index (κ2) is 4.78. The highest BCUT2D eigenvalue weighted by molar-refractivity contribution is 7.87. The number of hydrogen-bond donors (Lipinski definition) is 2. The molecule has 0 aliphatic carbocycles. The van der Waals surface area contributed by atoms with E-state index in [1.54, 1.807) is 6.92 Å².